The van der Waals surface area contributed by atoms with Crippen LogP contribution in [0, 0.1) is 5.82 Å². The summed E-state index contributed by atoms with van der Waals surface area (Å²) in [5, 5.41) is 6.69. The first-order valence-corrected chi connectivity index (χ1v) is 8.54. The van der Waals surface area contributed by atoms with Gasteiger partial charge >= 0.3 is 0 Å². The Kier molecular flexibility index (Phi) is 5.18. The number of rotatable bonds is 5. The molecule has 2 N–H and O–H groups in total. The third kappa shape index (κ3) is 4.99. The van der Waals surface area contributed by atoms with E-state index in [1.165, 1.54) is 30.5 Å². The molecule has 0 aromatic heterocycles. The topological polar surface area (TPSA) is 36.4 Å². The first-order valence-electron chi connectivity index (χ1n) is 7.72. The fourth-order valence-electron chi connectivity index (χ4n) is 2.12. The average molecular weight is 329 g/mol. The molecule has 120 valence electrons. The summed E-state index contributed by atoms with van der Waals surface area (Å²) in [7, 11) is 1.79. The van der Waals surface area contributed by atoms with Crippen molar-refractivity contribution in [1.29, 1.82) is 0 Å². The van der Waals surface area contributed by atoms with Crippen LogP contribution < -0.4 is 10.6 Å². The summed E-state index contributed by atoms with van der Waals surface area (Å²) >= 11 is 1.63. The molecule has 3 rings (SSSR count). The monoisotopic (exact) mass is 329 g/mol. The van der Waals surface area contributed by atoms with Crippen molar-refractivity contribution in [2.45, 2.75) is 35.2 Å². The molecule has 0 radical (unpaired) electrons. The van der Waals surface area contributed by atoms with Crippen LogP contribution in [0.25, 0.3) is 0 Å². The lowest BCUT2D eigenvalue weighted by atomic mass is 10.2. The van der Waals surface area contributed by atoms with Crippen LogP contribution >= 0.6 is 11.8 Å². The third-order valence-corrected chi connectivity index (χ3v) is 4.59. The maximum atomic E-state index is 12.9. The second-order valence-electron chi connectivity index (χ2n) is 5.54. The highest BCUT2D eigenvalue weighted by molar-refractivity contribution is 7.99. The standard InChI is InChI=1S/C18H20FN3S/c1-20-18(22-15-6-7-15)21-12-13-2-8-16(9-3-13)23-17-10-4-14(19)5-11-17/h2-5,8-11,15H,6-7,12H2,1H3,(H2,20,21,22). The number of benzene rings is 2. The van der Waals surface area contributed by atoms with Crippen LogP contribution in [0.1, 0.15) is 18.4 Å². The van der Waals surface area contributed by atoms with Gasteiger partial charge in [0.1, 0.15) is 5.82 Å². The molecule has 2 aromatic carbocycles. The molecule has 1 aliphatic carbocycles. The van der Waals surface area contributed by atoms with E-state index in [9.17, 15) is 4.39 Å². The molecule has 0 atom stereocenters. The highest BCUT2D eigenvalue weighted by atomic mass is 32.2. The van der Waals surface area contributed by atoms with Gasteiger partial charge in [-0.25, -0.2) is 4.39 Å². The maximum absolute atomic E-state index is 12.9. The summed E-state index contributed by atoms with van der Waals surface area (Å²) in [6.07, 6.45) is 2.46. The van der Waals surface area contributed by atoms with E-state index in [-0.39, 0.29) is 5.82 Å². The summed E-state index contributed by atoms with van der Waals surface area (Å²) in [4.78, 5) is 6.40. The Balaban J connectivity index is 1.53. The maximum Gasteiger partial charge on any atom is 0.191 e. The highest BCUT2D eigenvalue weighted by Crippen LogP contribution is 2.27. The van der Waals surface area contributed by atoms with E-state index >= 15 is 0 Å². The van der Waals surface area contributed by atoms with E-state index in [1.807, 2.05) is 0 Å². The van der Waals surface area contributed by atoms with E-state index in [4.69, 9.17) is 0 Å². The van der Waals surface area contributed by atoms with Crippen molar-refractivity contribution in [2.75, 3.05) is 7.05 Å². The highest BCUT2D eigenvalue weighted by Gasteiger charge is 2.21. The number of hydrogen-bond donors (Lipinski definition) is 2. The van der Waals surface area contributed by atoms with E-state index in [0.717, 1.165) is 22.3 Å². The Labute approximate surface area is 140 Å². The molecular weight excluding hydrogens is 309 g/mol. The number of guanidine groups is 1. The van der Waals surface area contributed by atoms with Crippen molar-refractivity contribution < 1.29 is 4.39 Å². The molecule has 0 amide bonds. The van der Waals surface area contributed by atoms with E-state index < -0.39 is 0 Å². The minimum Gasteiger partial charge on any atom is -0.354 e. The summed E-state index contributed by atoms with van der Waals surface area (Å²) in [6, 6.07) is 15.5. The van der Waals surface area contributed by atoms with Crippen molar-refractivity contribution in [3.63, 3.8) is 0 Å². The number of hydrogen-bond acceptors (Lipinski definition) is 2. The third-order valence-electron chi connectivity index (χ3n) is 3.57. The second kappa shape index (κ2) is 7.51. The quantitative estimate of drug-likeness (QED) is 0.647. The normalized spacial score (nSPS) is 14.6. The molecule has 1 aliphatic rings. The van der Waals surface area contributed by atoms with Gasteiger partial charge in [-0.1, -0.05) is 23.9 Å². The van der Waals surface area contributed by atoms with Crippen LogP contribution in [-0.4, -0.2) is 19.0 Å². The number of aliphatic imine (C=N–C) groups is 1. The lowest BCUT2D eigenvalue weighted by Crippen LogP contribution is -2.38. The molecule has 2 aromatic rings. The lowest BCUT2D eigenvalue weighted by molar-refractivity contribution is 0.626. The van der Waals surface area contributed by atoms with Crippen molar-refractivity contribution >= 4 is 17.7 Å². The predicted molar refractivity (Wildman–Crippen MR) is 93.3 cm³/mol. The fraction of sp³-hybridized carbons (Fsp3) is 0.278. The predicted octanol–water partition coefficient (Wildman–Crippen LogP) is 3.80. The molecule has 0 heterocycles. The van der Waals surface area contributed by atoms with Gasteiger partial charge < -0.3 is 10.6 Å². The average Bonchev–Trinajstić information content (AvgIpc) is 3.39. The van der Waals surface area contributed by atoms with Gasteiger partial charge in [0.2, 0.25) is 0 Å². The van der Waals surface area contributed by atoms with Crippen LogP contribution in [-0.2, 0) is 6.54 Å². The number of nitrogens with one attached hydrogen (secondary N) is 2. The summed E-state index contributed by atoms with van der Waals surface area (Å²) in [5.41, 5.74) is 1.20. The smallest absolute Gasteiger partial charge is 0.191 e. The minimum absolute atomic E-state index is 0.205. The largest absolute Gasteiger partial charge is 0.354 e. The Bertz CT molecular complexity index is 664. The first-order chi connectivity index (χ1) is 11.2. The van der Waals surface area contributed by atoms with Crippen molar-refractivity contribution in [2.24, 2.45) is 4.99 Å². The van der Waals surface area contributed by atoms with Crippen molar-refractivity contribution in [3.05, 3.63) is 59.9 Å². The van der Waals surface area contributed by atoms with Gasteiger partial charge in [0, 0.05) is 29.4 Å². The molecule has 1 fully saturated rings. The summed E-state index contributed by atoms with van der Waals surface area (Å²) in [6.45, 7) is 0.744. The zero-order valence-corrected chi connectivity index (χ0v) is 13.9. The molecule has 0 saturated heterocycles. The van der Waals surface area contributed by atoms with Gasteiger partial charge in [0.25, 0.3) is 0 Å². The van der Waals surface area contributed by atoms with Crippen LogP contribution in [0.3, 0.4) is 0 Å². The lowest BCUT2D eigenvalue weighted by Gasteiger charge is -2.11. The van der Waals surface area contributed by atoms with Crippen LogP contribution in [0.2, 0.25) is 0 Å². The summed E-state index contributed by atoms with van der Waals surface area (Å²) < 4.78 is 12.9. The minimum atomic E-state index is -0.205. The molecule has 0 unspecified atom stereocenters. The molecule has 23 heavy (non-hydrogen) atoms. The van der Waals surface area contributed by atoms with E-state index in [1.54, 1.807) is 30.9 Å². The van der Waals surface area contributed by atoms with Crippen LogP contribution in [0.4, 0.5) is 4.39 Å². The van der Waals surface area contributed by atoms with Gasteiger partial charge in [-0.2, -0.15) is 0 Å². The molecule has 0 bridgehead atoms. The van der Waals surface area contributed by atoms with Gasteiger partial charge in [-0.15, -0.1) is 0 Å². The van der Waals surface area contributed by atoms with Gasteiger partial charge in [-0.05, 0) is 54.8 Å². The molecule has 5 heteroatoms. The van der Waals surface area contributed by atoms with Crippen LogP contribution in [0.15, 0.2) is 63.3 Å². The summed E-state index contributed by atoms with van der Waals surface area (Å²) in [5.74, 6) is 0.654. The van der Waals surface area contributed by atoms with Gasteiger partial charge in [0.15, 0.2) is 5.96 Å². The Hall–Kier alpha value is -2.01. The second-order valence-corrected chi connectivity index (χ2v) is 6.69. The fourth-order valence-corrected chi connectivity index (χ4v) is 2.93. The SMILES string of the molecule is CN=C(NCc1ccc(Sc2ccc(F)cc2)cc1)NC1CC1. The Morgan fingerprint density at radius 3 is 2.26 bits per heavy atom. The van der Waals surface area contributed by atoms with Gasteiger partial charge in [0.05, 0.1) is 0 Å². The van der Waals surface area contributed by atoms with Crippen molar-refractivity contribution in [3.8, 4) is 0 Å². The molecular formula is C18H20FN3S. The zero-order chi connectivity index (χ0) is 16.1. The molecule has 0 aliphatic heterocycles. The number of halogens is 1. The van der Waals surface area contributed by atoms with E-state index in [2.05, 4.69) is 39.9 Å². The molecule has 3 nitrogen and oxygen atoms in total. The zero-order valence-electron chi connectivity index (χ0n) is 13.1. The number of nitrogens with zero attached hydrogens (tertiary/aromatic N) is 1. The van der Waals surface area contributed by atoms with Crippen LogP contribution in [0.5, 0.6) is 0 Å². The molecule has 1 saturated carbocycles. The molecule has 0 spiro atoms. The van der Waals surface area contributed by atoms with Gasteiger partial charge in [-0.3, -0.25) is 4.99 Å². The Morgan fingerprint density at radius 1 is 1.09 bits per heavy atom. The van der Waals surface area contributed by atoms with Crippen molar-refractivity contribution in [1.82, 2.24) is 10.6 Å². The Morgan fingerprint density at radius 2 is 1.70 bits per heavy atom. The van der Waals surface area contributed by atoms with E-state index in [0.29, 0.717) is 6.04 Å². The first kappa shape index (κ1) is 15.9.